The van der Waals surface area contributed by atoms with Gasteiger partial charge in [-0.3, -0.25) is 9.78 Å². The monoisotopic (exact) mass is 350 g/mol. The van der Waals surface area contributed by atoms with Gasteiger partial charge in [0.2, 0.25) is 0 Å². The van der Waals surface area contributed by atoms with Crippen LogP contribution < -0.4 is 10.6 Å². The number of likely N-dealkylation sites (tertiary alicyclic amines) is 1. The number of hydrogen-bond acceptors (Lipinski definition) is 6. The van der Waals surface area contributed by atoms with Crippen LogP contribution in [0.15, 0.2) is 18.5 Å². The summed E-state index contributed by atoms with van der Waals surface area (Å²) in [6.45, 7) is 4.56. The average molecular weight is 350 g/mol. The number of hydrogen-bond donors (Lipinski definition) is 2. The number of amides is 2. The van der Waals surface area contributed by atoms with Crippen molar-refractivity contribution in [1.29, 1.82) is 0 Å². The second-order valence-corrected chi connectivity index (χ2v) is 5.82. The van der Waals surface area contributed by atoms with E-state index >= 15 is 0 Å². The highest BCUT2D eigenvalue weighted by Crippen LogP contribution is 2.13. The second kappa shape index (κ2) is 9.83. The minimum atomic E-state index is -0.286. The summed E-state index contributed by atoms with van der Waals surface area (Å²) in [5.74, 6) is -0.155. The Hall–Kier alpha value is -2.35. The largest absolute Gasteiger partial charge is 0.450 e. The number of pyridine rings is 1. The van der Waals surface area contributed by atoms with Crippen LogP contribution in [-0.2, 0) is 9.47 Å². The van der Waals surface area contributed by atoms with E-state index in [0.29, 0.717) is 51.3 Å². The summed E-state index contributed by atoms with van der Waals surface area (Å²) in [5, 5.41) is 6.16. The maximum Gasteiger partial charge on any atom is 0.409 e. The molecule has 25 heavy (non-hydrogen) atoms. The van der Waals surface area contributed by atoms with Gasteiger partial charge >= 0.3 is 6.09 Å². The Bertz CT molecular complexity index is 574. The molecule has 0 unspecified atom stereocenters. The molecule has 2 amide bonds. The number of piperidine rings is 1. The third-order valence-electron chi connectivity index (χ3n) is 3.99. The Balaban J connectivity index is 1.82. The number of carbonyl (C=O) groups excluding carboxylic acids is 2. The van der Waals surface area contributed by atoms with Crippen molar-refractivity contribution >= 4 is 17.7 Å². The van der Waals surface area contributed by atoms with E-state index in [2.05, 4.69) is 15.6 Å². The predicted octanol–water partition coefficient (Wildman–Crippen LogP) is 1.49. The first-order valence-corrected chi connectivity index (χ1v) is 8.54. The molecule has 8 nitrogen and oxygen atoms in total. The molecule has 8 heteroatoms. The van der Waals surface area contributed by atoms with Gasteiger partial charge in [0.15, 0.2) is 0 Å². The highest BCUT2D eigenvalue weighted by molar-refractivity contribution is 5.94. The van der Waals surface area contributed by atoms with Crippen LogP contribution in [0.5, 0.6) is 0 Å². The number of ether oxygens (including phenoxy) is 2. The normalized spacial score (nSPS) is 14.9. The number of rotatable bonds is 7. The number of carbonyl (C=O) groups is 2. The van der Waals surface area contributed by atoms with Crippen molar-refractivity contribution in [2.24, 2.45) is 0 Å². The Morgan fingerprint density at radius 1 is 1.32 bits per heavy atom. The molecule has 1 aliphatic rings. The van der Waals surface area contributed by atoms with Crippen LogP contribution >= 0.6 is 0 Å². The number of nitrogens with one attached hydrogen (secondary N) is 2. The van der Waals surface area contributed by atoms with Crippen molar-refractivity contribution in [1.82, 2.24) is 15.2 Å². The molecule has 1 fully saturated rings. The lowest BCUT2D eigenvalue weighted by atomic mass is 10.0. The third kappa shape index (κ3) is 5.90. The second-order valence-electron chi connectivity index (χ2n) is 5.82. The first kappa shape index (κ1) is 19.0. The fraction of sp³-hybridized carbons (Fsp3) is 0.588. The van der Waals surface area contributed by atoms with E-state index < -0.39 is 0 Å². The van der Waals surface area contributed by atoms with Crippen molar-refractivity contribution in [2.75, 3.05) is 45.3 Å². The number of aromatic nitrogens is 1. The summed E-state index contributed by atoms with van der Waals surface area (Å²) in [4.78, 5) is 29.9. The Morgan fingerprint density at radius 2 is 2.08 bits per heavy atom. The van der Waals surface area contributed by atoms with Gasteiger partial charge in [-0.1, -0.05) is 0 Å². The molecule has 2 rings (SSSR count). The molecule has 2 N–H and O–H groups in total. The maximum absolute atomic E-state index is 12.4. The van der Waals surface area contributed by atoms with E-state index in [0.717, 1.165) is 5.69 Å². The minimum Gasteiger partial charge on any atom is -0.450 e. The third-order valence-corrected chi connectivity index (χ3v) is 3.99. The predicted molar refractivity (Wildman–Crippen MR) is 93.7 cm³/mol. The van der Waals surface area contributed by atoms with Crippen LogP contribution in [0.1, 0.15) is 30.1 Å². The van der Waals surface area contributed by atoms with Gasteiger partial charge in [-0.15, -0.1) is 0 Å². The van der Waals surface area contributed by atoms with Gasteiger partial charge in [-0.2, -0.15) is 0 Å². The van der Waals surface area contributed by atoms with Crippen LogP contribution in [-0.4, -0.2) is 67.9 Å². The van der Waals surface area contributed by atoms with Crippen LogP contribution in [0.4, 0.5) is 10.5 Å². The molecular formula is C17H26N4O4. The minimum absolute atomic E-state index is 0.0447. The zero-order valence-corrected chi connectivity index (χ0v) is 14.8. The topological polar surface area (TPSA) is 92.8 Å². The van der Waals surface area contributed by atoms with Crippen LogP contribution in [0.25, 0.3) is 0 Å². The molecule has 1 saturated heterocycles. The SMILES string of the molecule is CCOC(=O)N1CCC(NC(=O)c2cncc(NCCOC)c2)CC1. The van der Waals surface area contributed by atoms with E-state index in [1.807, 2.05) is 0 Å². The van der Waals surface area contributed by atoms with Gasteiger partial charge < -0.3 is 25.0 Å². The molecule has 0 radical (unpaired) electrons. The molecule has 0 atom stereocenters. The number of anilines is 1. The van der Waals surface area contributed by atoms with Crippen molar-refractivity contribution < 1.29 is 19.1 Å². The highest BCUT2D eigenvalue weighted by atomic mass is 16.6. The molecule has 0 aromatic carbocycles. The quantitative estimate of drug-likeness (QED) is 0.724. The molecular weight excluding hydrogens is 324 g/mol. The van der Waals surface area contributed by atoms with Gasteiger partial charge in [0.25, 0.3) is 5.91 Å². The molecule has 0 spiro atoms. The smallest absolute Gasteiger partial charge is 0.409 e. The van der Waals surface area contributed by atoms with Gasteiger partial charge in [-0.05, 0) is 25.8 Å². The standard InChI is InChI=1S/C17H26N4O4/c1-3-25-17(23)21-7-4-14(5-8-21)20-16(22)13-10-15(12-18-11-13)19-6-9-24-2/h10-12,14,19H,3-9H2,1-2H3,(H,20,22). The van der Waals surface area contributed by atoms with E-state index in [1.54, 1.807) is 37.4 Å². The van der Waals surface area contributed by atoms with Gasteiger partial charge in [0.05, 0.1) is 24.5 Å². The van der Waals surface area contributed by atoms with Crippen molar-refractivity contribution in [3.8, 4) is 0 Å². The van der Waals surface area contributed by atoms with E-state index in [9.17, 15) is 9.59 Å². The zero-order valence-electron chi connectivity index (χ0n) is 14.8. The van der Waals surface area contributed by atoms with Crippen LogP contribution in [0.2, 0.25) is 0 Å². The first-order chi connectivity index (χ1) is 12.1. The number of nitrogens with zero attached hydrogens (tertiary/aromatic N) is 2. The van der Waals surface area contributed by atoms with E-state index in [1.165, 1.54) is 0 Å². The summed E-state index contributed by atoms with van der Waals surface area (Å²) < 4.78 is 9.98. The zero-order chi connectivity index (χ0) is 18.1. The molecule has 0 aliphatic carbocycles. The first-order valence-electron chi connectivity index (χ1n) is 8.54. The lowest BCUT2D eigenvalue weighted by molar-refractivity contribution is 0.0860. The molecule has 1 aliphatic heterocycles. The molecule has 1 aromatic heterocycles. The molecule has 138 valence electrons. The van der Waals surface area contributed by atoms with Crippen LogP contribution in [0.3, 0.4) is 0 Å². The van der Waals surface area contributed by atoms with E-state index in [-0.39, 0.29) is 18.0 Å². The Kier molecular flexibility index (Phi) is 7.46. The lowest BCUT2D eigenvalue weighted by Gasteiger charge is -2.31. The Morgan fingerprint density at radius 3 is 2.76 bits per heavy atom. The summed E-state index contributed by atoms with van der Waals surface area (Å²) >= 11 is 0. The summed E-state index contributed by atoms with van der Waals surface area (Å²) in [6, 6.07) is 1.81. The molecule has 0 saturated carbocycles. The fourth-order valence-corrected chi connectivity index (χ4v) is 2.65. The van der Waals surface area contributed by atoms with Crippen LogP contribution in [0, 0.1) is 0 Å². The summed E-state index contributed by atoms with van der Waals surface area (Å²) in [5.41, 5.74) is 1.29. The Labute approximate surface area is 147 Å². The molecule has 0 bridgehead atoms. The van der Waals surface area contributed by atoms with Crippen molar-refractivity contribution in [2.45, 2.75) is 25.8 Å². The van der Waals surface area contributed by atoms with Gasteiger partial charge in [-0.25, -0.2) is 4.79 Å². The van der Waals surface area contributed by atoms with Crippen molar-refractivity contribution in [3.63, 3.8) is 0 Å². The van der Waals surface area contributed by atoms with E-state index in [4.69, 9.17) is 9.47 Å². The maximum atomic E-state index is 12.4. The summed E-state index contributed by atoms with van der Waals surface area (Å²) in [6.07, 6.45) is 4.36. The number of methoxy groups -OCH3 is 1. The molecule has 2 heterocycles. The van der Waals surface area contributed by atoms with Gasteiger partial charge in [0.1, 0.15) is 0 Å². The summed E-state index contributed by atoms with van der Waals surface area (Å²) in [7, 11) is 1.64. The van der Waals surface area contributed by atoms with Crippen molar-refractivity contribution in [3.05, 3.63) is 24.0 Å². The average Bonchev–Trinajstić information content (AvgIpc) is 2.63. The lowest BCUT2D eigenvalue weighted by Crippen LogP contribution is -2.46. The highest BCUT2D eigenvalue weighted by Gasteiger charge is 2.24. The molecule has 1 aromatic rings. The fourth-order valence-electron chi connectivity index (χ4n) is 2.65. The van der Waals surface area contributed by atoms with Gasteiger partial charge in [0, 0.05) is 45.2 Å².